The molecule has 0 unspecified atom stereocenters. The number of esters is 1. The molecule has 0 bridgehead atoms. The minimum atomic E-state index is -0.348. The van der Waals surface area contributed by atoms with E-state index in [4.69, 9.17) is 27.9 Å². The molecule has 0 N–H and O–H groups in total. The first-order valence-electron chi connectivity index (χ1n) is 5.64. The highest BCUT2D eigenvalue weighted by atomic mass is 35.5. The summed E-state index contributed by atoms with van der Waals surface area (Å²) in [5.74, 6) is 0.237. The van der Waals surface area contributed by atoms with Gasteiger partial charge in [-0.25, -0.2) is 4.79 Å². The van der Waals surface area contributed by atoms with Gasteiger partial charge < -0.3 is 9.64 Å². The molecule has 19 heavy (non-hydrogen) atoms. The maximum Gasteiger partial charge on any atom is 0.338 e. The van der Waals surface area contributed by atoms with Crippen LogP contribution in [0, 0.1) is 0 Å². The number of carbonyl (C=O) groups is 1. The first-order chi connectivity index (χ1) is 8.60. The van der Waals surface area contributed by atoms with Crippen molar-refractivity contribution in [3.63, 3.8) is 0 Å². The molecule has 1 aromatic rings. The van der Waals surface area contributed by atoms with Crippen molar-refractivity contribution in [1.82, 2.24) is 4.90 Å². The van der Waals surface area contributed by atoms with E-state index in [9.17, 15) is 4.79 Å². The van der Waals surface area contributed by atoms with Crippen LogP contribution in [-0.2, 0) is 16.5 Å². The fourth-order valence-corrected chi connectivity index (χ4v) is 2.07. The maximum absolute atomic E-state index is 11.9. The highest BCUT2D eigenvalue weighted by Gasteiger charge is 2.14. The normalized spacial score (nSPS) is 10.2. The molecule has 6 heteroatoms. The van der Waals surface area contributed by atoms with E-state index in [2.05, 4.69) is 0 Å². The van der Waals surface area contributed by atoms with Crippen LogP contribution >= 0.6 is 35.6 Å². The van der Waals surface area contributed by atoms with Gasteiger partial charge in [-0.2, -0.15) is 0 Å². The molecular formula is C13H18Cl3NO2. The predicted octanol–water partition coefficient (Wildman–Crippen LogP) is 3.30. The Kier molecular flexibility index (Phi) is 9.19. The van der Waals surface area contributed by atoms with Gasteiger partial charge in [0, 0.05) is 18.3 Å². The Balaban J connectivity index is 0.00000324. The molecule has 0 aromatic heterocycles. The Morgan fingerprint density at radius 1 is 1.26 bits per heavy atom. The molecule has 0 atom stereocenters. The van der Waals surface area contributed by atoms with Crippen LogP contribution in [0.3, 0.4) is 0 Å². The summed E-state index contributed by atoms with van der Waals surface area (Å²) in [6.07, 6.45) is 0. The number of ether oxygens (including phenoxy) is 1. The average Bonchev–Trinajstić information content (AvgIpc) is 2.36. The van der Waals surface area contributed by atoms with Crippen LogP contribution in [0.5, 0.6) is 0 Å². The molecule has 0 saturated carbocycles. The van der Waals surface area contributed by atoms with E-state index < -0.39 is 0 Å². The smallest absolute Gasteiger partial charge is 0.338 e. The molecule has 0 aliphatic carbocycles. The molecule has 0 fully saturated rings. The summed E-state index contributed by atoms with van der Waals surface area (Å²) >= 11 is 11.7. The molecule has 1 rings (SSSR count). The summed E-state index contributed by atoms with van der Waals surface area (Å²) in [6, 6.07) is 5.36. The Morgan fingerprint density at radius 2 is 1.95 bits per heavy atom. The number of benzene rings is 1. The summed E-state index contributed by atoms with van der Waals surface area (Å²) in [4.78, 5) is 13.9. The summed E-state index contributed by atoms with van der Waals surface area (Å²) in [5.41, 5.74) is 2.12. The Bertz CT molecular complexity index is 411. The SMILES string of the molecule is CN(C)CCOC(=O)c1cccc(CCl)c1CCl.Cl. The molecule has 0 radical (unpaired) electrons. The zero-order valence-corrected chi connectivity index (χ0v) is 13.3. The lowest BCUT2D eigenvalue weighted by atomic mass is 10.0. The molecule has 108 valence electrons. The third-order valence-corrected chi connectivity index (χ3v) is 3.10. The van der Waals surface area contributed by atoms with Crippen molar-refractivity contribution in [1.29, 1.82) is 0 Å². The minimum absolute atomic E-state index is 0. The second-order valence-electron chi connectivity index (χ2n) is 4.15. The zero-order valence-electron chi connectivity index (χ0n) is 11.0. The van der Waals surface area contributed by atoms with Gasteiger partial charge in [-0.15, -0.1) is 35.6 Å². The first-order valence-corrected chi connectivity index (χ1v) is 6.71. The van der Waals surface area contributed by atoms with Crippen molar-refractivity contribution < 1.29 is 9.53 Å². The van der Waals surface area contributed by atoms with Crippen LogP contribution in [0.4, 0.5) is 0 Å². The topological polar surface area (TPSA) is 29.5 Å². The fraction of sp³-hybridized carbons (Fsp3) is 0.462. The molecule has 0 heterocycles. The third-order valence-electron chi connectivity index (χ3n) is 2.54. The molecule has 0 amide bonds. The van der Waals surface area contributed by atoms with Gasteiger partial charge in [-0.3, -0.25) is 0 Å². The Hall–Kier alpha value is -0.480. The van der Waals surface area contributed by atoms with Gasteiger partial charge >= 0.3 is 5.97 Å². The molecule has 0 spiro atoms. The van der Waals surface area contributed by atoms with E-state index in [-0.39, 0.29) is 24.3 Å². The summed E-state index contributed by atoms with van der Waals surface area (Å²) in [6.45, 7) is 1.05. The highest BCUT2D eigenvalue weighted by Crippen LogP contribution is 2.20. The van der Waals surface area contributed by atoms with Crippen molar-refractivity contribution in [2.45, 2.75) is 11.8 Å². The molecule has 1 aromatic carbocycles. The zero-order chi connectivity index (χ0) is 13.5. The lowest BCUT2D eigenvalue weighted by Crippen LogP contribution is -2.20. The van der Waals surface area contributed by atoms with Gasteiger partial charge in [0.25, 0.3) is 0 Å². The third kappa shape index (κ3) is 5.57. The quantitative estimate of drug-likeness (QED) is 0.593. The largest absolute Gasteiger partial charge is 0.461 e. The van der Waals surface area contributed by atoms with E-state index in [0.717, 1.165) is 11.1 Å². The van der Waals surface area contributed by atoms with Gasteiger partial charge in [0.05, 0.1) is 5.56 Å². The van der Waals surface area contributed by atoms with E-state index in [0.29, 0.717) is 24.6 Å². The Morgan fingerprint density at radius 3 is 2.47 bits per heavy atom. The van der Waals surface area contributed by atoms with E-state index >= 15 is 0 Å². The summed E-state index contributed by atoms with van der Waals surface area (Å²) in [5, 5.41) is 0. The number of likely N-dealkylation sites (N-methyl/N-ethyl adjacent to an activating group) is 1. The van der Waals surface area contributed by atoms with Gasteiger partial charge in [-0.05, 0) is 31.3 Å². The van der Waals surface area contributed by atoms with Crippen LogP contribution < -0.4 is 0 Å². The van der Waals surface area contributed by atoms with Crippen LogP contribution in [0.15, 0.2) is 18.2 Å². The number of hydrogen-bond donors (Lipinski definition) is 0. The Labute approximate surface area is 130 Å². The van der Waals surface area contributed by atoms with Gasteiger partial charge in [0.1, 0.15) is 6.61 Å². The average molecular weight is 327 g/mol. The van der Waals surface area contributed by atoms with Crippen LogP contribution in [0.1, 0.15) is 21.5 Å². The van der Waals surface area contributed by atoms with Gasteiger partial charge in [0.2, 0.25) is 0 Å². The van der Waals surface area contributed by atoms with Crippen molar-refractivity contribution in [3.8, 4) is 0 Å². The van der Waals surface area contributed by atoms with Crippen LogP contribution in [-0.4, -0.2) is 38.1 Å². The van der Waals surface area contributed by atoms with Crippen molar-refractivity contribution in [3.05, 3.63) is 34.9 Å². The number of nitrogens with zero attached hydrogens (tertiary/aromatic N) is 1. The summed E-state index contributed by atoms with van der Waals surface area (Å²) < 4.78 is 5.20. The first kappa shape index (κ1) is 18.5. The monoisotopic (exact) mass is 325 g/mol. The van der Waals surface area contributed by atoms with Crippen LogP contribution in [0.2, 0.25) is 0 Å². The van der Waals surface area contributed by atoms with Gasteiger partial charge in [0.15, 0.2) is 0 Å². The second kappa shape index (κ2) is 9.43. The number of carbonyl (C=O) groups excluding carboxylic acids is 1. The maximum atomic E-state index is 11.9. The van der Waals surface area contributed by atoms with E-state index in [1.165, 1.54) is 0 Å². The molecule has 0 aliphatic rings. The lowest BCUT2D eigenvalue weighted by Gasteiger charge is -2.13. The second-order valence-corrected chi connectivity index (χ2v) is 4.68. The molecular weight excluding hydrogens is 309 g/mol. The molecule has 0 saturated heterocycles. The van der Waals surface area contributed by atoms with Crippen molar-refractivity contribution >= 4 is 41.6 Å². The lowest BCUT2D eigenvalue weighted by molar-refractivity contribution is 0.0481. The highest BCUT2D eigenvalue weighted by molar-refractivity contribution is 6.19. The summed E-state index contributed by atoms with van der Waals surface area (Å²) in [7, 11) is 3.85. The molecule has 3 nitrogen and oxygen atoms in total. The predicted molar refractivity (Wildman–Crippen MR) is 81.6 cm³/mol. The van der Waals surface area contributed by atoms with Crippen LogP contribution in [0.25, 0.3) is 0 Å². The number of rotatable bonds is 6. The van der Waals surface area contributed by atoms with Crippen molar-refractivity contribution in [2.75, 3.05) is 27.2 Å². The number of hydrogen-bond acceptors (Lipinski definition) is 3. The fourth-order valence-electron chi connectivity index (χ4n) is 1.51. The van der Waals surface area contributed by atoms with E-state index in [1.807, 2.05) is 25.1 Å². The molecule has 0 aliphatic heterocycles. The van der Waals surface area contributed by atoms with Crippen molar-refractivity contribution in [2.24, 2.45) is 0 Å². The van der Waals surface area contributed by atoms with E-state index in [1.54, 1.807) is 12.1 Å². The standard InChI is InChI=1S/C13H17Cl2NO2.ClH/c1-16(2)6-7-18-13(17)11-5-3-4-10(8-14)12(11)9-15;/h3-5H,6-9H2,1-2H3;1H. The van der Waals surface area contributed by atoms with Gasteiger partial charge in [-0.1, -0.05) is 12.1 Å². The number of alkyl halides is 2. The minimum Gasteiger partial charge on any atom is -0.461 e. The number of halogens is 3.